The summed E-state index contributed by atoms with van der Waals surface area (Å²) in [5.41, 5.74) is 7.96. The van der Waals surface area contributed by atoms with E-state index >= 15 is 0 Å². The fraction of sp³-hybridized carbons (Fsp3) is 0.0556. The molecular formula is C18H15NO2. The Bertz CT molecular complexity index is 722. The Hall–Kier alpha value is -2.99. The molecule has 104 valence electrons. The van der Waals surface area contributed by atoms with Crippen LogP contribution in [0.3, 0.4) is 0 Å². The first-order chi connectivity index (χ1) is 10.1. The zero-order valence-corrected chi connectivity index (χ0v) is 11.7. The smallest absolute Gasteiger partial charge is 0.308 e. The van der Waals surface area contributed by atoms with E-state index in [-0.39, 0.29) is 5.97 Å². The van der Waals surface area contributed by atoms with Crippen molar-refractivity contribution in [2.75, 3.05) is 5.73 Å². The predicted molar refractivity (Wildman–Crippen MR) is 83.9 cm³/mol. The van der Waals surface area contributed by atoms with E-state index in [1.807, 2.05) is 42.5 Å². The number of ether oxygens (including phenoxy) is 1. The molecule has 0 atom stereocenters. The topological polar surface area (TPSA) is 52.3 Å². The number of nitrogen functional groups attached to an aromatic ring is 1. The number of anilines is 1. The average molecular weight is 277 g/mol. The van der Waals surface area contributed by atoms with E-state index in [1.165, 1.54) is 6.92 Å². The number of esters is 1. The number of carbonyl (C=O) groups is 1. The van der Waals surface area contributed by atoms with Gasteiger partial charge in [0.2, 0.25) is 0 Å². The number of benzene rings is 2. The van der Waals surface area contributed by atoms with Gasteiger partial charge in [0, 0.05) is 29.8 Å². The number of nitrogens with two attached hydrogens (primary N) is 1. The van der Waals surface area contributed by atoms with Gasteiger partial charge in [-0.05, 0) is 18.2 Å². The highest BCUT2D eigenvalue weighted by atomic mass is 16.5. The molecule has 2 aromatic carbocycles. The molecule has 0 heterocycles. The minimum atomic E-state index is -0.379. The Morgan fingerprint density at radius 3 is 2.57 bits per heavy atom. The quantitative estimate of drug-likeness (QED) is 0.397. The van der Waals surface area contributed by atoms with Crippen molar-refractivity contribution in [1.82, 2.24) is 0 Å². The summed E-state index contributed by atoms with van der Waals surface area (Å²) in [6.45, 7) is 1.36. The van der Waals surface area contributed by atoms with Crippen LogP contribution in [0.15, 0.2) is 60.7 Å². The van der Waals surface area contributed by atoms with Crippen LogP contribution in [0.4, 0.5) is 5.69 Å². The van der Waals surface area contributed by atoms with Crippen LogP contribution < -0.4 is 5.73 Å². The predicted octanol–water partition coefficient (Wildman–Crippen LogP) is 3.22. The standard InChI is InChI=1S/C18H15NO2/c1-14(20)21-18(16-9-3-2-4-10-16)12-6-8-15-7-5-11-17(19)13-15/h2-5,7,9-13H,19H2,1H3/b18-12-. The van der Waals surface area contributed by atoms with Gasteiger partial charge >= 0.3 is 5.97 Å². The summed E-state index contributed by atoms with van der Waals surface area (Å²) in [6, 6.07) is 16.7. The molecule has 21 heavy (non-hydrogen) atoms. The fourth-order valence-corrected chi connectivity index (χ4v) is 1.73. The molecule has 0 amide bonds. The minimum absolute atomic E-state index is 0.379. The Balaban J connectivity index is 2.28. The molecule has 0 fully saturated rings. The summed E-state index contributed by atoms with van der Waals surface area (Å²) in [5, 5.41) is 0. The maximum absolute atomic E-state index is 11.2. The van der Waals surface area contributed by atoms with Gasteiger partial charge in [0.15, 0.2) is 0 Å². The van der Waals surface area contributed by atoms with Crippen molar-refractivity contribution in [3.05, 3.63) is 71.8 Å². The molecule has 2 rings (SSSR count). The van der Waals surface area contributed by atoms with Gasteiger partial charge in [-0.15, -0.1) is 0 Å². The summed E-state index contributed by atoms with van der Waals surface area (Å²) in [4.78, 5) is 11.2. The van der Waals surface area contributed by atoms with Crippen molar-refractivity contribution in [2.45, 2.75) is 6.92 Å². The van der Waals surface area contributed by atoms with E-state index in [0.29, 0.717) is 11.4 Å². The SMILES string of the molecule is CC(=O)O/C(=C\C#Cc1cccc(N)c1)c1ccccc1. The first-order valence-corrected chi connectivity index (χ1v) is 6.46. The fourth-order valence-electron chi connectivity index (χ4n) is 1.73. The second-order valence-corrected chi connectivity index (χ2v) is 4.36. The van der Waals surface area contributed by atoms with Gasteiger partial charge in [-0.1, -0.05) is 48.2 Å². The minimum Gasteiger partial charge on any atom is -0.425 e. The lowest BCUT2D eigenvalue weighted by Gasteiger charge is -2.05. The normalized spacial score (nSPS) is 10.4. The summed E-state index contributed by atoms with van der Waals surface area (Å²) >= 11 is 0. The van der Waals surface area contributed by atoms with Crippen molar-refractivity contribution in [3.8, 4) is 11.8 Å². The Morgan fingerprint density at radius 2 is 1.90 bits per heavy atom. The largest absolute Gasteiger partial charge is 0.425 e. The zero-order chi connectivity index (χ0) is 15.1. The lowest BCUT2D eigenvalue weighted by molar-refractivity contribution is -0.134. The lowest BCUT2D eigenvalue weighted by Crippen LogP contribution is -1.98. The van der Waals surface area contributed by atoms with E-state index in [9.17, 15) is 4.79 Å². The van der Waals surface area contributed by atoms with Crippen molar-refractivity contribution in [1.29, 1.82) is 0 Å². The van der Waals surface area contributed by atoms with Crippen LogP contribution in [0.1, 0.15) is 18.1 Å². The van der Waals surface area contributed by atoms with E-state index in [1.54, 1.807) is 18.2 Å². The van der Waals surface area contributed by atoms with Gasteiger partial charge in [0.05, 0.1) is 0 Å². The van der Waals surface area contributed by atoms with Gasteiger partial charge in [-0.25, -0.2) is 0 Å². The van der Waals surface area contributed by atoms with Gasteiger partial charge in [-0.3, -0.25) is 4.79 Å². The summed E-state index contributed by atoms with van der Waals surface area (Å²) in [5.74, 6) is 5.90. The number of carbonyl (C=O) groups excluding carboxylic acids is 1. The highest BCUT2D eigenvalue weighted by Gasteiger charge is 2.04. The van der Waals surface area contributed by atoms with Crippen molar-refractivity contribution < 1.29 is 9.53 Å². The third-order valence-electron chi connectivity index (χ3n) is 2.62. The molecule has 0 aliphatic rings. The maximum Gasteiger partial charge on any atom is 0.308 e. The van der Waals surface area contributed by atoms with Crippen LogP contribution >= 0.6 is 0 Å². The molecule has 0 saturated heterocycles. The lowest BCUT2D eigenvalue weighted by atomic mass is 10.1. The summed E-state index contributed by atoms with van der Waals surface area (Å²) in [7, 11) is 0. The van der Waals surface area contributed by atoms with Crippen molar-refractivity contribution >= 4 is 17.4 Å². The molecule has 2 N–H and O–H groups in total. The first kappa shape index (κ1) is 14.4. The third kappa shape index (κ3) is 4.55. The number of rotatable bonds is 2. The van der Waals surface area contributed by atoms with Gasteiger partial charge in [-0.2, -0.15) is 0 Å². The molecule has 0 radical (unpaired) electrons. The second kappa shape index (κ2) is 6.97. The molecule has 0 aliphatic carbocycles. The number of allylic oxidation sites excluding steroid dienone is 1. The van der Waals surface area contributed by atoms with Crippen molar-refractivity contribution in [3.63, 3.8) is 0 Å². The van der Waals surface area contributed by atoms with E-state index in [4.69, 9.17) is 10.5 Å². The van der Waals surface area contributed by atoms with Crippen LogP contribution in [-0.2, 0) is 9.53 Å². The summed E-state index contributed by atoms with van der Waals surface area (Å²) < 4.78 is 5.19. The highest BCUT2D eigenvalue weighted by molar-refractivity contribution is 5.77. The summed E-state index contributed by atoms with van der Waals surface area (Å²) in [6.07, 6.45) is 1.58. The Morgan fingerprint density at radius 1 is 1.14 bits per heavy atom. The molecule has 2 aromatic rings. The molecular weight excluding hydrogens is 262 g/mol. The van der Waals surface area contributed by atoms with Gasteiger partial charge in [0.1, 0.15) is 5.76 Å². The molecule has 0 unspecified atom stereocenters. The molecule has 0 bridgehead atoms. The molecule has 0 aromatic heterocycles. The number of hydrogen-bond acceptors (Lipinski definition) is 3. The third-order valence-corrected chi connectivity index (χ3v) is 2.62. The van der Waals surface area contributed by atoms with Crippen LogP contribution in [-0.4, -0.2) is 5.97 Å². The average Bonchev–Trinajstić information content (AvgIpc) is 2.47. The maximum atomic E-state index is 11.2. The molecule has 0 aliphatic heterocycles. The second-order valence-electron chi connectivity index (χ2n) is 4.36. The van der Waals surface area contributed by atoms with Gasteiger partial charge < -0.3 is 10.5 Å². The van der Waals surface area contributed by atoms with Crippen LogP contribution in [0.25, 0.3) is 5.76 Å². The molecule has 0 saturated carbocycles. The monoisotopic (exact) mass is 277 g/mol. The molecule has 3 nitrogen and oxygen atoms in total. The van der Waals surface area contributed by atoms with Crippen LogP contribution in [0, 0.1) is 11.8 Å². The first-order valence-electron chi connectivity index (χ1n) is 6.46. The van der Waals surface area contributed by atoms with Crippen molar-refractivity contribution in [2.24, 2.45) is 0 Å². The van der Waals surface area contributed by atoms with E-state index in [0.717, 1.165) is 11.1 Å². The van der Waals surface area contributed by atoms with Crippen LogP contribution in [0.5, 0.6) is 0 Å². The molecule has 0 spiro atoms. The van der Waals surface area contributed by atoms with Crippen LogP contribution in [0.2, 0.25) is 0 Å². The Kier molecular flexibility index (Phi) is 4.79. The van der Waals surface area contributed by atoms with E-state index < -0.39 is 0 Å². The Labute approximate surface area is 124 Å². The van der Waals surface area contributed by atoms with E-state index in [2.05, 4.69) is 11.8 Å². The number of hydrogen-bond donors (Lipinski definition) is 1. The highest BCUT2D eigenvalue weighted by Crippen LogP contribution is 2.15. The molecule has 3 heteroatoms. The zero-order valence-electron chi connectivity index (χ0n) is 11.7. The van der Waals surface area contributed by atoms with Gasteiger partial charge in [0.25, 0.3) is 0 Å².